The number of nitrogens with zero attached hydrogens (tertiary/aromatic N) is 4. The van der Waals surface area contributed by atoms with E-state index in [4.69, 9.17) is 5.84 Å². The summed E-state index contributed by atoms with van der Waals surface area (Å²) in [7, 11) is 0. The van der Waals surface area contributed by atoms with Gasteiger partial charge in [-0.1, -0.05) is 11.4 Å². The molecule has 0 bridgehead atoms. The van der Waals surface area contributed by atoms with Crippen molar-refractivity contribution >= 4 is 11.5 Å². The maximum absolute atomic E-state index is 5.57. The Balaban J connectivity index is 2.30. The van der Waals surface area contributed by atoms with Gasteiger partial charge in [-0.2, -0.15) is 0 Å². The Bertz CT molecular complexity index is 423. The molecule has 0 spiro atoms. The van der Waals surface area contributed by atoms with Crippen molar-refractivity contribution in [3.05, 3.63) is 29.3 Å². The van der Waals surface area contributed by atoms with E-state index in [9.17, 15) is 0 Å². The third-order valence-corrected chi connectivity index (χ3v) is 3.03. The summed E-state index contributed by atoms with van der Waals surface area (Å²) in [6.45, 7) is 3.06. The molecule has 6 nitrogen and oxygen atoms in total. The Kier molecular flexibility index (Phi) is 3.60. The summed E-state index contributed by atoms with van der Waals surface area (Å²) in [5, 5.41) is 3.81. The van der Waals surface area contributed by atoms with Crippen LogP contribution in [0.25, 0.3) is 0 Å². The number of hydrogen-bond donors (Lipinski definition) is 2. The number of hydrogen-bond acceptors (Lipinski definition) is 6. The van der Waals surface area contributed by atoms with Gasteiger partial charge < -0.3 is 4.57 Å². The topological polar surface area (TPSA) is 81.7 Å². The zero-order chi connectivity index (χ0) is 11.4. The molecule has 16 heavy (non-hydrogen) atoms. The summed E-state index contributed by atoms with van der Waals surface area (Å²) >= 11 is 1.32. The second kappa shape index (κ2) is 5.15. The molecule has 2 heterocycles. The Morgan fingerprint density at radius 3 is 3.12 bits per heavy atom. The zero-order valence-electron chi connectivity index (χ0n) is 9.00. The van der Waals surface area contributed by atoms with E-state index in [1.165, 1.54) is 11.5 Å². The average Bonchev–Trinajstić information content (AvgIpc) is 2.92. The summed E-state index contributed by atoms with van der Waals surface area (Å²) in [5.41, 5.74) is 2.75. The first-order valence-corrected chi connectivity index (χ1v) is 5.88. The monoisotopic (exact) mass is 238 g/mol. The molecule has 7 heteroatoms. The summed E-state index contributed by atoms with van der Waals surface area (Å²) in [4.78, 5) is 5.30. The molecular weight excluding hydrogens is 224 g/mol. The van der Waals surface area contributed by atoms with Crippen molar-refractivity contribution in [2.45, 2.75) is 25.9 Å². The molecule has 0 saturated carbocycles. The van der Waals surface area contributed by atoms with E-state index in [-0.39, 0.29) is 6.04 Å². The molecule has 1 unspecified atom stereocenters. The molecule has 0 aromatic carbocycles. The maximum atomic E-state index is 5.57. The van der Waals surface area contributed by atoms with Crippen molar-refractivity contribution < 1.29 is 0 Å². The Hall–Kier alpha value is -1.31. The standard InChI is InChI=1S/C9H14N6S/c1-2-4-15-5-3-11-9(15)8(13-10)7-6-12-14-16-7/h3,5-6,8,13H,2,4,10H2,1H3. The van der Waals surface area contributed by atoms with Crippen molar-refractivity contribution in [3.63, 3.8) is 0 Å². The lowest BCUT2D eigenvalue weighted by Crippen LogP contribution is -2.30. The minimum Gasteiger partial charge on any atom is -0.333 e. The molecule has 0 aliphatic rings. The van der Waals surface area contributed by atoms with E-state index in [0.29, 0.717) is 0 Å². The van der Waals surface area contributed by atoms with E-state index in [2.05, 4.69) is 31.5 Å². The lowest BCUT2D eigenvalue weighted by Gasteiger charge is -2.14. The van der Waals surface area contributed by atoms with Gasteiger partial charge in [-0.05, 0) is 18.0 Å². The summed E-state index contributed by atoms with van der Waals surface area (Å²) in [6, 6.07) is -0.137. The first-order valence-electron chi connectivity index (χ1n) is 5.11. The summed E-state index contributed by atoms with van der Waals surface area (Å²) < 4.78 is 5.92. The normalized spacial score (nSPS) is 12.9. The van der Waals surface area contributed by atoms with Crippen LogP contribution in [0.2, 0.25) is 0 Å². The minimum absolute atomic E-state index is 0.137. The van der Waals surface area contributed by atoms with E-state index in [1.54, 1.807) is 12.4 Å². The number of aryl methyl sites for hydroxylation is 1. The van der Waals surface area contributed by atoms with Gasteiger partial charge in [-0.15, -0.1) is 5.10 Å². The molecule has 86 valence electrons. The number of nitrogens with two attached hydrogens (primary N) is 1. The highest BCUT2D eigenvalue weighted by atomic mass is 32.1. The summed E-state index contributed by atoms with van der Waals surface area (Å²) in [5.74, 6) is 6.47. The van der Waals surface area contributed by atoms with Crippen LogP contribution in [-0.4, -0.2) is 19.1 Å². The highest BCUT2D eigenvalue weighted by Gasteiger charge is 2.19. The van der Waals surface area contributed by atoms with Gasteiger partial charge in [-0.3, -0.25) is 5.84 Å². The predicted molar refractivity (Wildman–Crippen MR) is 61.6 cm³/mol. The second-order valence-corrected chi connectivity index (χ2v) is 4.22. The van der Waals surface area contributed by atoms with Crippen molar-refractivity contribution in [2.75, 3.05) is 0 Å². The van der Waals surface area contributed by atoms with Gasteiger partial charge in [0.25, 0.3) is 0 Å². The molecule has 1 atom stereocenters. The van der Waals surface area contributed by atoms with Gasteiger partial charge in [0.05, 0.1) is 11.1 Å². The van der Waals surface area contributed by atoms with Crippen LogP contribution in [0, 0.1) is 0 Å². The van der Waals surface area contributed by atoms with Crippen LogP contribution in [0.4, 0.5) is 0 Å². The maximum Gasteiger partial charge on any atom is 0.132 e. The third kappa shape index (κ3) is 2.11. The largest absolute Gasteiger partial charge is 0.333 e. The second-order valence-electron chi connectivity index (χ2n) is 3.40. The Morgan fingerprint density at radius 1 is 1.62 bits per heavy atom. The van der Waals surface area contributed by atoms with E-state index >= 15 is 0 Å². The van der Waals surface area contributed by atoms with Gasteiger partial charge in [0.2, 0.25) is 0 Å². The van der Waals surface area contributed by atoms with Crippen LogP contribution >= 0.6 is 11.5 Å². The molecule has 2 rings (SSSR count). The zero-order valence-corrected chi connectivity index (χ0v) is 9.81. The smallest absolute Gasteiger partial charge is 0.132 e. The molecule has 2 aromatic rings. The molecule has 3 N–H and O–H groups in total. The predicted octanol–water partition coefficient (Wildman–Crippen LogP) is 0.697. The van der Waals surface area contributed by atoms with Gasteiger partial charge in [-0.25, -0.2) is 10.4 Å². The Morgan fingerprint density at radius 2 is 2.50 bits per heavy atom. The lowest BCUT2D eigenvalue weighted by molar-refractivity contribution is 0.550. The number of imidazole rings is 1. The first-order chi connectivity index (χ1) is 7.86. The van der Waals surface area contributed by atoms with Crippen molar-refractivity contribution in [1.29, 1.82) is 0 Å². The van der Waals surface area contributed by atoms with E-state index < -0.39 is 0 Å². The van der Waals surface area contributed by atoms with Crippen molar-refractivity contribution in [2.24, 2.45) is 5.84 Å². The molecule has 2 aromatic heterocycles. The number of nitrogens with one attached hydrogen (secondary N) is 1. The third-order valence-electron chi connectivity index (χ3n) is 2.30. The fourth-order valence-corrected chi connectivity index (χ4v) is 2.16. The quantitative estimate of drug-likeness (QED) is 0.592. The first kappa shape index (κ1) is 11.2. The highest BCUT2D eigenvalue weighted by molar-refractivity contribution is 7.05. The van der Waals surface area contributed by atoms with Crippen molar-refractivity contribution in [1.82, 2.24) is 24.6 Å². The molecule has 0 aliphatic carbocycles. The van der Waals surface area contributed by atoms with Crippen LogP contribution < -0.4 is 11.3 Å². The van der Waals surface area contributed by atoms with E-state index in [0.717, 1.165) is 23.7 Å². The van der Waals surface area contributed by atoms with Crippen LogP contribution in [0.5, 0.6) is 0 Å². The van der Waals surface area contributed by atoms with Crippen LogP contribution in [0.15, 0.2) is 18.6 Å². The number of aromatic nitrogens is 4. The van der Waals surface area contributed by atoms with Gasteiger partial charge in [0, 0.05) is 18.9 Å². The molecule has 0 fully saturated rings. The molecule has 0 radical (unpaired) electrons. The van der Waals surface area contributed by atoms with Crippen LogP contribution in [-0.2, 0) is 6.54 Å². The van der Waals surface area contributed by atoms with Crippen LogP contribution in [0.1, 0.15) is 30.1 Å². The van der Waals surface area contributed by atoms with E-state index in [1.807, 2.05) is 6.20 Å². The van der Waals surface area contributed by atoms with Gasteiger partial charge >= 0.3 is 0 Å². The fourth-order valence-electron chi connectivity index (χ4n) is 1.60. The number of hydrazine groups is 1. The molecule has 0 aliphatic heterocycles. The summed E-state index contributed by atoms with van der Waals surface area (Å²) in [6.07, 6.45) is 6.50. The lowest BCUT2D eigenvalue weighted by atomic mass is 10.2. The van der Waals surface area contributed by atoms with Gasteiger partial charge in [0.15, 0.2) is 0 Å². The Labute approximate surface area is 97.6 Å². The van der Waals surface area contributed by atoms with Crippen molar-refractivity contribution in [3.8, 4) is 0 Å². The highest BCUT2D eigenvalue weighted by Crippen LogP contribution is 2.21. The molecule has 0 saturated heterocycles. The number of rotatable bonds is 5. The molecule has 0 amide bonds. The molecular formula is C9H14N6S. The minimum atomic E-state index is -0.137. The SMILES string of the molecule is CCCn1ccnc1C(NN)c1cnns1. The average molecular weight is 238 g/mol. The van der Waals surface area contributed by atoms with Gasteiger partial charge in [0.1, 0.15) is 11.9 Å². The van der Waals surface area contributed by atoms with Crippen LogP contribution in [0.3, 0.4) is 0 Å². The fraction of sp³-hybridized carbons (Fsp3) is 0.444.